The van der Waals surface area contributed by atoms with Gasteiger partial charge in [-0.25, -0.2) is 9.18 Å². The highest BCUT2D eigenvalue weighted by molar-refractivity contribution is 5.95. The Hall–Kier alpha value is -2.89. The van der Waals surface area contributed by atoms with E-state index in [0.717, 1.165) is 5.56 Å². The highest BCUT2D eigenvalue weighted by Crippen LogP contribution is 2.26. The largest absolute Gasteiger partial charge is 0.352 e. The van der Waals surface area contributed by atoms with E-state index in [1.54, 1.807) is 6.07 Å². The van der Waals surface area contributed by atoms with Crippen LogP contribution in [0.5, 0.6) is 0 Å². The quantitative estimate of drug-likeness (QED) is 0.845. The Bertz CT molecular complexity index is 843. The van der Waals surface area contributed by atoms with Crippen LogP contribution >= 0.6 is 0 Å². The molecule has 1 aliphatic rings. The molecule has 2 N–H and O–H groups in total. The Morgan fingerprint density at radius 3 is 2.52 bits per heavy atom. The Morgan fingerprint density at radius 2 is 1.89 bits per heavy atom. The molecule has 5 nitrogen and oxygen atoms in total. The molecule has 0 aromatic heterocycles. The van der Waals surface area contributed by atoms with Gasteiger partial charge in [0.15, 0.2) is 0 Å². The maximum absolute atomic E-state index is 13.6. The minimum Gasteiger partial charge on any atom is -0.352 e. The highest BCUT2D eigenvalue weighted by atomic mass is 19.1. The smallest absolute Gasteiger partial charge is 0.322 e. The predicted molar refractivity (Wildman–Crippen MR) is 103 cm³/mol. The molecule has 0 radical (unpaired) electrons. The summed E-state index contributed by atoms with van der Waals surface area (Å²) in [5.41, 5.74) is 2.29. The number of nitrogens with zero attached hydrogens (tertiary/aromatic N) is 1. The Kier molecular flexibility index (Phi) is 5.17. The number of hydrogen-bond donors (Lipinski definition) is 2. The van der Waals surface area contributed by atoms with Gasteiger partial charge in [-0.3, -0.25) is 4.79 Å². The van der Waals surface area contributed by atoms with Crippen LogP contribution in [0, 0.1) is 5.82 Å². The zero-order valence-corrected chi connectivity index (χ0v) is 15.8. The minimum atomic E-state index is -0.858. The summed E-state index contributed by atoms with van der Waals surface area (Å²) in [5.74, 6) is -0.755. The van der Waals surface area contributed by atoms with Crippen molar-refractivity contribution in [3.8, 4) is 0 Å². The molecule has 3 rings (SSSR count). The van der Waals surface area contributed by atoms with Crippen LogP contribution in [-0.4, -0.2) is 29.9 Å². The van der Waals surface area contributed by atoms with E-state index in [-0.39, 0.29) is 17.4 Å². The first-order valence-electron chi connectivity index (χ1n) is 8.97. The molecule has 0 saturated carbocycles. The summed E-state index contributed by atoms with van der Waals surface area (Å²) in [6.07, 6.45) is 0. The second-order valence-electron chi connectivity index (χ2n) is 7.70. The molecule has 3 amide bonds. The molecule has 0 aliphatic carbocycles. The fourth-order valence-electron chi connectivity index (χ4n) is 3.14. The first kappa shape index (κ1) is 18.9. The predicted octanol–water partition coefficient (Wildman–Crippen LogP) is 3.83. The number of benzene rings is 2. The van der Waals surface area contributed by atoms with Crippen LogP contribution in [0.15, 0.2) is 48.5 Å². The summed E-state index contributed by atoms with van der Waals surface area (Å²) in [7, 11) is 0. The molecule has 1 fully saturated rings. The molecule has 0 bridgehead atoms. The maximum Gasteiger partial charge on any atom is 0.322 e. The second-order valence-corrected chi connectivity index (χ2v) is 7.70. The molecule has 0 unspecified atom stereocenters. The summed E-state index contributed by atoms with van der Waals surface area (Å²) in [6.45, 7) is 7.07. The number of rotatable bonds is 2. The Balaban J connectivity index is 1.80. The van der Waals surface area contributed by atoms with Crippen molar-refractivity contribution in [2.24, 2.45) is 0 Å². The first-order valence-corrected chi connectivity index (χ1v) is 8.97. The number of piperazine rings is 1. The van der Waals surface area contributed by atoms with E-state index in [1.165, 1.54) is 23.1 Å². The lowest BCUT2D eigenvalue weighted by atomic mass is 9.87. The van der Waals surface area contributed by atoms with Crippen LogP contribution in [0.2, 0.25) is 0 Å². The van der Waals surface area contributed by atoms with Crippen molar-refractivity contribution in [1.29, 1.82) is 0 Å². The Morgan fingerprint density at radius 1 is 1.19 bits per heavy atom. The number of nitrogens with one attached hydrogen (secondary N) is 2. The number of hydrogen-bond acceptors (Lipinski definition) is 2. The fraction of sp³-hybridized carbons (Fsp3) is 0.333. The molecule has 1 atom stereocenters. The molecule has 1 heterocycles. The molecule has 1 saturated heterocycles. The van der Waals surface area contributed by atoms with Gasteiger partial charge in [-0.2, -0.15) is 0 Å². The van der Waals surface area contributed by atoms with E-state index in [2.05, 4.69) is 31.4 Å². The SMILES string of the molecule is CC(C)(C)c1ccc(NC(=O)N2CCNC(=O)[C@@H]2c2cccc(F)c2)cc1. The van der Waals surface area contributed by atoms with Crippen molar-refractivity contribution >= 4 is 17.6 Å². The van der Waals surface area contributed by atoms with Crippen LogP contribution < -0.4 is 10.6 Å². The van der Waals surface area contributed by atoms with Crippen LogP contribution in [0.3, 0.4) is 0 Å². The lowest BCUT2D eigenvalue weighted by Gasteiger charge is -2.35. The minimum absolute atomic E-state index is 0.0238. The average molecular weight is 369 g/mol. The van der Waals surface area contributed by atoms with Crippen molar-refractivity contribution in [3.05, 3.63) is 65.5 Å². The number of urea groups is 1. The summed E-state index contributed by atoms with van der Waals surface area (Å²) in [5, 5.41) is 5.58. The molecule has 6 heteroatoms. The van der Waals surface area contributed by atoms with Crippen LogP contribution in [-0.2, 0) is 10.2 Å². The third kappa shape index (κ3) is 4.27. The van der Waals surface area contributed by atoms with E-state index < -0.39 is 11.9 Å². The number of carbonyl (C=O) groups excluding carboxylic acids is 2. The topological polar surface area (TPSA) is 61.4 Å². The van der Waals surface area contributed by atoms with Crippen LogP contribution in [0.1, 0.15) is 37.9 Å². The van der Waals surface area contributed by atoms with E-state index in [1.807, 2.05) is 24.3 Å². The third-order valence-electron chi connectivity index (χ3n) is 4.64. The number of anilines is 1. The van der Waals surface area contributed by atoms with E-state index >= 15 is 0 Å². The molecule has 2 aromatic carbocycles. The van der Waals surface area contributed by atoms with Gasteiger partial charge in [0.2, 0.25) is 5.91 Å². The second kappa shape index (κ2) is 7.39. The molecule has 27 heavy (non-hydrogen) atoms. The van der Waals surface area contributed by atoms with Gasteiger partial charge in [0.25, 0.3) is 0 Å². The Labute approximate surface area is 158 Å². The molecule has 1 aliphatic heterocycles. The van der Waals surface area contributed by atoms with Crippen molar-refractivity contribution in [3.63, 3.8) is 0 Å². The molecule has 0 spiro atoms. The lowest BCUT2D eigenvalue weighted by Crippen LogP contribution is -2.53. The number of halogens is 1. The van der Waals surface area contributed by atoms with Crippen molar-refractivity contribution in [2.45, 2.75) is 32.2 Å². The van der Waals surface area contributed by atoms with Gasteiger partial charge in [0.05, 0.1) is 0 Å². The summed E-state index contributed by atoms with van der Waals surface area (Å²) < 4.78 is 13.6. The van der Waals surface area contributed by atoms with E-state index in [0.29, 0.717) is 24.3 Å². The summed E-state index contributed by atoms with van der Waals surface area (Å²) in [6, 6.07) is 12.2. The molecular weight excluding hydrogens is 345 g/mol. The number of carbonyl (C=O) groups is 2. The zero-order chi connectivity index (χ0) is 19.6. The lowest BCUT2D eigenvalue weighted by molar-refractivity contribution is -0.127. The van der Waals surface area contributed by atoms with Gasteiger partial charge in [-0.1, -0.05) is 45.0 Å². The van der Waals surface area contributed by atoms with Gasteiger partial charge in [-0.05, 0) is 40.8 Å². The molecule has 2 aromatic rings. The third-order valence-corrected chi connectivity index (χ3v) is 4.64. The van der Waals surface area contributed by atoms with Gasteiger partial charge >= 0.3 is 6.03 Å². The maximum atomic E-state index is 13.6. The van der Waals surface area contributed by atoms with Crippen molar-refractivity contribution < 1.29 is 14.0 Å². The average Bonchev–Trinajstić information content (AvgIpc) is 2.61. The van der Waals surface area contributed by atoms with Crippen molar-refractivity contribution in [1.82, 2.24) is 10.2 Å². The van der Waals surface area contributed by atoms with E-state index in [9.17, 15) is 14.0 Å². The number of amides is 3. The van der Waals surface area contributed by atoms with Crippen LogP contribution in [0.25, 0.3) is 0 Å². The van der Waals surface area contributed by atoms with Gasteiger partial charge in [-0.15, -0.1) is 0 Å². The molecular formula is C21H24FN3O2. The first-order chi connectivity index (χ1) is 12.8. The van der Waals surface area contributed by atoms with Gasteiger partial charge in [0.1, 0.15) is 11.9 Å². The van der Waals surface area contributed by atoms with Gasteiger partial charge in [0, 0.05) is 18.8 Å². The summed E-state index contributed by atoms with van der Waals surface area (Å²) in [4.78, 5) is 26.6. The van der Waals surface area contributed by atoms with Crippen LogP contribution in [0.4, 0.5) is 14.9 Å². The van der Waals surface area contributed by atoms with E-state index in [4.69, 9.17) is 0 Å². The highest BCUT2D eigenvalue weighted by Gasteiger charge is 2.34. The zero-order valence-electron chi connectivity index (χ0n) is 15.8. The molecule has 142 valence electrons. The standard InChI is InChI=1S/C21H24FN3O2/c1-21(2,3)15-7-9-17(10-8-15)24-20(27)25-12-11-23-19(26)18(25)14-5-4-6-16(22)13-14/h4-10,13,18H,11-12H2,1-3H3,(H,23,26)(H,24,27)/t18-/m0/s1. The monoisotopic (exact) mass is 369 g/mol. The fourth-order valence-corrected chi connectivity index (χ4v) is 3.14. The normalized spacial score (nSPS) is 17.4. The summed E-state index contributed by atoms with van der Waals surface area (Å²) >= 11 is 0. The van der Waals surface area contributed by atoms with Gasteiger partial charge < -0.3 is 15.5 Å². The van der Waals surface area contributed by atoms with Crippen molar-refractivity contribution in [2.75, 3.05) is 18.4 Å².